The summed E-state index contributed by atoms with van der Waals surface area (Å²) >= 11 is 0. The van der Waals surface area contributed by atoms with E-state index in [2.05, 4.69) is 5.10 Å². The molecular formula is C14H12N4O3. The summed E-state index contributed by atoms with van der Waals surface area (Å²) in [7, 11) is 1.65. The van der Waals surface area contributed by atoms with Gasteiger partial charge in [0.15, 0.2) is 0 Å². The Labute approximate surface area is 118 Å². The summed E-state index contributed by atoms with van der Waals surface area (Å²) in [6, 6.07) is 8.52. The summed E-state index contributed by atoms with van der Waals surface area (Å²) in [5.74, 6) is -0.817. The molecule has 2 heterocycles. The molecule has 3 rings (SSSR count). The van der Waals surface area contributed by atoms with Crippen LogP contribution in [0.3, 0.4) is 0 Å². The molecule has 106 valence electrons. The van der Waals surface area contributed by atoms with E-state index in [4.69, 9.17) is 5.73 Å². The van der Waals surface area contributed by atoms with Crippen LogP contribution in [0, 0.1) is 0 Å². The molecule has 0 radical (unpaired) electrons. The first-order valence-electron chi connectivity index (χ1n) is 6.20. The van der Waals surface area contributed by atoms with Crippen LogP contribution < -0.4 is 16.9 Å². The van der Waals surface area contributed by atoms with Crippen LogP contribution in [-0.2, 0) is 7.05 Å². The van der Waals surface area contributed by atoms with Gasteiger partial charge in [-0.2, -0.15) is 0 Å². The van der Waals surface area contributed by atoms with Crippen molar-refractivity contribution in [2.24, 2.45) is 12.8 Å². The quantitative estimate of drug-likeness (QED) is 0.698. The minimum absolute atomic E-state index is 0.153. The number of aryl methyl sites for hydroxylation is 1. The van der Waals surface area contributed by atoms with Gasteiger partial charge in [0, 0.05) is 24.7 Å². The zero-order valence-corrected chi connectivity index (χ0v) is 11.2. The second-order valence-corrected chi connectivity index (χ2v) is 4.64. The van der Waals surface area contributed by atoms with Gasteiger partial charge in [0.2, 0.25) is 0 Å². The Balaban J connectivity index is 2.42. The van der Waals surface area contributed by atoms with Gasteiger partial charge in [-0.05, 0) is 6.07 Å². The number of primary amides is 1. The first kappa shape index (κ1) is 12.9. The summed E-state index contributed by atoms with van der Waals surface area (Å²) in [5, 5.41) is 3.37. The van der Waals surface area contributed by atoms with E-state index in [1.807, 2.05) is 0 Å². The highest BCUT2D eigenvalue weighted by Crippen LogP contribution is 2.18. The molecule has 7 heteroatoms. The lowest BCUT2D eigenvalue weighted by Gasteiger charge is -2.09. The molecule has 1 amide bonds. The Bertz CT molecular complexity index is 978. The minimum atomic E-state index is -0.817. The zero-order valence-electron chi connectivity index (χ0n) is 11.2. The number of H-pyrrole nitrogens is 1. The number of para-hydroxylation sites is 1. The van der Waals surface area contributed by atoms with Gasteiger partial charge in [0.1, 0.15) is 5.56 Å². The average Bonchev–Trinajstić information content (AvgIpc) is 2.85. The summed E-state index contributed by atoms with van der Waals surface area (Å²) in [4.78, 5) is 35.4. The van der Waals surface area contributed by atoms with Gasteiger partial charge in [0.05, 0.1) is 11.2 Å². The molecular weight excluding hydrogens is 272 g/mol. The van der Waals surface area contributed by atoms with E-state index in [0.717, 1.165) is 4.68 Å². The molecule has 3 aromatic rings. The number of hydrogen-bond donors (Lipinski definition) is 2. The largest absolute Gasteiger partial charge is 0.365 e. The van der Waals surface area contributed by atoms with Crippen molar-refractivity contribution in [2.75, 3.05) is 0 Å². The van der Waals surface area contributed by atoms with E-state index in [1.54, 1.807) is 31.3 Å². The number of aromatic nitrogens is 3. The molecule has 1 aromatic carbocycles. The highest BCUT2D eigenvalue weighted by atomic mass is 16.2. The van der Waals surface area contributed by atoms with Crippen LogP contribution in [0.25, 0.3) is 16.6 Å². The standard InChI is InChI=1S/C14H12N4O3/c1-17-10-5-3-2-4-8(10)11(6-12(17)19)18-14(21)9(7-16-18)13(15)20/h2-7,16H,1H3,(H2,15,20). The molecule has 0 aliphatic rings. The van der Waals surface area contributed by atoms with Crippen LogP contribution in [0.4, 0.5) is 0 Å². The van der Waals surface area contributed by atoms with Crippen LogP contribution in [-0.4, -0.2) is 20.3 Å². The molecule has 0 saturated heterocycles. The molecule has 0 atom stereocenters. The number of hydrogen-bond acceptors (Lipinski definition) is 3. The SMILES string of the molecule is Cn1c(=O)cc(-n2[nH]cc(C(N)=O)c2=O)c2ccccc21. The van der Waals surface area contributed by atoms with Crippen LogP contribution in [0.1, 0.15) is 10.4 Å². The lowest BCUT2D eigenvalue weighted by molar-refractivity contribution is 0.0999. The molecule has 0 aliphatic heterocycles. The monoisotopic (exact) mass is 284 g/mol. The third-order valence-electron chi connectivity index (χ3n) is 3.41. The third kappa shape index (κ3) is 1.86. The van der Waals surface area contributed by atoms with Crippen molar-refractivity contribution in [3.05, 3.63) is 62.8 Å². The number of benzene rings is 1. The number of nitrogens with one attached hydrogen (secondary N) is 1. The van der Waals surface area contributed by atoms with Gasteiger partial charge in [-0.3, -0.25) is 19.5 Å². The van der Waals surface area contributed by atoms with Crippen molar-refractivity contribution >= 4 is 16.8 Å². The maximum absolute atomic E-state index is 12.2. The number of carbonyl (C=O) groups excluding carboxylic acids is 1. The second-order valence-electron chi connectivity index (χ2n) is 4.64. The van der Waals surface area contributed by atoms with Crippen LogP contribution in [0.15, 0.2) is 46.1 Å². The lowest BCUT2D eigenvalue weighted by Crippen LogP contribution is -2.26. The molecule has 0 fully saturated rings. The fourth-order valence-electron chi connectivity index (χ4n) is 2.30. The fourth-order valence-corrected chi connectivity index (χ4v) is 2.30. The summed E-state index contributed by atoms with van der Waals surface area (Å²) < 4.78 is 2.63. The van der Waals surface area contributed by atoms with Gasteiger partial charge in [-0.25, -0.2) is 4.68 Å². The van der Waals surface area contributed by atoms with Crippen molar-refractivity contribution in [2.45, 2.75) is 0 Å². The van der Waals surface area contributed by atoms with E-state index in [9.17, 15) is 14.4 Å². The van der Waals surface area contributed by atoms with Gasteiger partial charge in [-0.15, -0.1) is 0 Å². The van der Waals surface area contributed by atoms with Crippen LogP contribution in [0.2, 0.25) is 0 Å². The maximum Gasteiger partial charge on any atom is 0.284 e. The van der Waals surface area contributed by atoms with Crippen molar-refractivity contribution in [1.29, 1.82) is 0 Å². The van der Waals surface area contributed by atoms with Gasteiger partial charge in [-0.1, -0.05) is 18.2 Å². The third-order valence-corrected chi connectivity index (χ3v) is 3.41. The summed E-state index contributed by atoms with van der Waals surface area (Å²) in [6.45, 7) is 0. The average molecular weight is 284 g/mol. The Morgan fingerprint density at radius 1 is 1.24 bits per heavy atom. The topological polar surface area (TPSA) is 103 Å². The van der Waals surface area contributed by atoms with Crippen molar-refractivity contribution in [3.8, 4) is 5.69 Å². The number of carbonyl (C=O) groups is 1. The number of nitrogens with zero attached hydrogens (tertiary/aromatic N) is 2. The first-order valence-corrected chi connectivity index (χ1v) is 6.20. The van der Waals surface area contributed by atoms with Gasteiger partial charge in [0.25, 0.3) is 17.0 Å². The molecule has 2 aromatic heterocycles. The Kier molecular flexibility index (Phi) is 2.76. The Morgan fingerprint density at radius 3 is 2.62 bits per heavy atom. The fraction of sp³-hybridized carbons (Fsp3) is 0.0714. The summed E-state index contributed by atoms with van der Waals surface area (Å²) in [6.07, 6.45) is 1.23. The number of fused-ring (bicyclic) bond motifs is 1. The van der Waals surface area contributed by atoms with E-state index >= 15 is 0 Å². The van der Waals surface area contributed by atoms with Gasteiger partial charge < -0.3 is 10.3 Å². The maximum atomic E-state index is 12.2. The number of amides is 1. The second kappa shape index (κ2) is 4.48. The molecule has 0 saturated carbocycles. The van der Waals surface area contributed by atoms with Gasteiger partial charge >= 0.3 is 0 Å². The normalized spacial score (nSPS) is 10.9. The number of aromatic amines is 1. The molecule has 0 unspecified atom stereocenters. The number of pyridine rings is 1. The predicted octanol–water partition coefficient (Wildman–Crippen LogP) is 0.116. The van der Waals surface area contributed by atoms with E-state index in [1.165, 1.54) is 16.8 Å². The van der Waals surface area contributed by atoms with Crippen molar-refractivity contribution in [3.63, 3.8) is 0 Å². The smallest absolute Gasteiger partial charge is 0.284 e. The zero-order chi connectivity index (χ0) is 15.1. The number of rotatable bonds is 2. The molecule has 0 bridgehead atoms. The minimum Gasteiger partial charge on any atom is -0.365 e. The summed E-state index contributed by atoms with van der Waals surface area (Å²) in [5.41, 5.74) is 5.20. The molecule has 21 heavy (non-hydrogen) atoms. The Morgan fingerprint density at radius 2 is 1.95 bits per heavy atom. The highest BCUT2D eigenvalue weighted by molar-refractivity contribution is 5.92. The number of nitrogens with two attached hydrogens (primary N) is 1. The van der Waals surface area contributed by atoms with Crippen molar-refractivity contribution < 1.29 is 4.79 Å². The molecule has 7 nitrogen and oxygen atoms in total. The highest BCUT2D eigenvalue weighted by Gasteiger charge is 2.15. The van der Waals surface area contributed by atoms with Crippen molar-refractivity contribution in [1.82, 2.24) is 14.3 Å². The lowest BCUT2D eigenvalue weighted by atomic mass is 10.2. The first-order chi connectivity index (χ1) is 10.0. The molecule has 0 aliphatic carbocycles. The van der Waals surface area contributed by atoms with E-state index in [-0.39, 0.29) is 11.1 Å². The van der Waals surface area contributed by atoms with E-state index in [0.29, 0.717) is 16.6 Å². The van der Waals surface area contributed by atoms with E-state index < -0.39 is 11.5 Å². The van der Waals surface area contributed by atoms with Crippen LogP contribution in [0.5, 0.6) is 0 Å². The predicted molar refractivity (Wildman–Crippen MR) is 77.7 cm³/mol. The van der Waals surface area contributed by atoms with Crippen LogP contribution >= 0.6 is 0 Å². The Hall–Kier alpha value is -3.09. The molecule has 0 spiro atoms. The molecule has 3 N–H and O–H groups in total.